The van der Waals surface area contributed by atoms with Gasteiger partial charge in [-0.1, -0.05) is 26.7 Å². The smallest absolute Gasteiger partial charge is 0.0822 e. The lowest BCUT2D eigenvalue weighted by Crippen LogP contribution is -1.99. The Kier molecular flexibility index (Phi) is 5.99. The molecule has 0 unspecified atom stereocenters. The topological polar surface area (TPSA) is 29.5 Å². The number of rotatable bonds is 5. The quantitative estimate of drug-likeness (QED) is 0.459. The van der Waals surface area contributed by atoms with Crippen LogP contribution in [0.5, 0.6) is 0 Å². The van der Waals surface area contributed by atoms with Crippen LogP contribution in [0.15, 0.2) is 0 Å². The highest BCUT2D eigenvalue weighted by atomic mass is 17.1. The Morgan fingerprint density at radius 2 is 2.11 bits per heavy atom. The first kappa shape index (κ1) is 8.92. The van der Waals surface area contributed by atoms with Gasteiger partial charge >= 0.3 is 0 Å². The summed E-state index contributed by atoms with van der Waals surface area (Å²) in [6.07, 6.45) is 3.40. The maximum atomic E-state index is 7.98. The maximum Gasteiger partial charge on any atom is 0.0822 e. The summed E-state index contributed by atoms with van der Waals surface area (Å²) in [5.74, 6) is 0.683. The highest BCUT2D eigenvalue weighted by molar-refractivity contribution is 4.49. The van der Waals surface area contributed by atoms with Crippen molar-refractivity contribution in [3.63, 3.8) is 0 Å². The lowest BCUT2D eigenvalue weighted by molar-refractivity contribution is -0.244. The first-order valence-electron chi connectivity index (χ1n) is 3.57. The summed E-state index contributed by atoms with van der Waals surface area (Å²) in [4.78, 5) is 3.96. The second-order valence-corrected chi connectivity index (χ2v) is 2.52. The van der Waals surface area contributed by atoms with Crippen molar-refractivity contribution in [2.24, 2.45) is 5.92 Å². The van der Waals surface area contributed by atoms with Gasteiger partial charge in [0.2, 0.25) is 0 Å². The van der Waals surface area contributed by atoms with Gasteiger partial charge < -0.3 is 0 Å². The van der Waals surface area contributed by atoms with Crippen LogP contribution in [0.1, 0.15) is 33.1 Å². The van der Waals surface area contributed by atoms with E-state index in [9.17, 15) is 0 Å². The lowest BCUT2D eigenvalue weighted by Gasteiger charge is -2.06. The van der Waals surface area contributed by atoms with Crippen LogP contribution in [0.25, 0.3) is 0 Å². The van der Waals surface area contributed by atoms with Crippen LogP contribution in [-0.4, -0.2) is 11.9 Å². The summed E-state index contributed by atoms with van der Waals surface area (Å²) < 4.78 is 0. The molecule has 9 heavy (non-hydrogen) atoms. The molecule has 0 aliphatic heterocycles. The Morgan fingerprint density at radius 3 is 2.56 bits per heavy atom. The third-order valence-corrected chi connectivity index (χ3v) is 1.48. The highest BCUT2D eigenvalue weighted by Gasteiger charge is 1.98. The largest absolute Gasteiger partial charge is 0.252 e. The van der Waals surface area contributed by atoms with Crippen molar-refractivity contribution in [3.05, 3.63) is 0 Å². The van der Waals surface area contributed by atoms with E-state index < -0.39 is 0 Å². The molecule has 0 amide bonds. The molecule has 0 aliphatic rings. The molecule has 56 valence electrons. The predicted molar refractivity (Wildman–Crippen MR) is 37.3 cm³/mol. The molecule has 0 heterocycles. The van der Waals surface area contributed by atoms with Gasteiger partial charge in [0.1, 0.15) is 0 Å². The SMILES string of the molecule is CCC[C@@H](C)CCOO. The summed E-state index contributed by atoms with van der Waals surface area (Å²) in [5.41, 5.74) is 0. The van der Waals surface area contributed by atoms with E-state index in [-0.39, 0.29) is 0 Å². The van der Waals surface area contributed by atoms with E-state index in [4.69, 9.17) is 5.26 Å². The van der Waals surface area contributed by atoms with E-state index >= 15 is 0 Å². The van der Waals surface area contributed by atoms with Crippen LogP contribution >= 0.6 is 0 Å². The first-order chi connectivity index (χ1) is 4.31. The summed E-state index contributed by atoms with van der Waals surface area (Å²) in [7, 11) is 0. The van der Waals surface area contributed by atoms with Crippen LogP contribution in [0.2, 0.25) is 0 Å². The van der Waals surface area contributed by atoms with Gasteiger partial charge in [-0.3, -0.25) is 5.26 Å². The normalized spacial score (nSPS) is 13.7. The monoisotopic (exact) mass is 132 g/mol. The molecule has 0 rings (SSSR count). The van der Waals surface area contributed by atoms with E-state index in [1.54, 1.807) is 0 Å². The third-order valence-electron chi connectivity index (χ3n) is 1.48. The molecule has 0 bridgehead atoms. The van der Waals surface area contributed by atoms with Crippen molar-refractivity contribution >= 4 is 0 Å². The van der Waals surface area contributed by atoms with Gasteiger partial charge in [0.25, 0.3) is 0 Å². The van der Waals surface area contributed by atoms with Crippen LogP contribution < -0.4 is 0 Å². The van der Waals surface area contributed by atoms with Crippen LogP contribution in [0.3, 0.4) is 0 Å². The Bertz CT molecular complexity index is 54.9. The van der Waals surface area contributed by atoms with Gasteiger partial charge in [0, 0.05) is 0 Å². The molecule has 0 aromatic carbocycles. The summed E-state index contributed by atoms with van der Waals surface area (Å²) in [5, 5.41) is 7.98. The molecule has 0 saturated heterocycles. The number of hydrogen-bond acceptors (Lipinski definition) is 2. The molecular formula is C7H16O2. The van der Waals surface area contributed by atoms with Gasteiger partial charge in [-0.25, -0.2) is 4.89 Å². The van der Waals surface area contributed by atoms with E-state index in [0.29, 0.717) is 12.5 Å². The Hall–Kier alpha value is -0.0800. The van der Waals surface area contributed by atoms with Gasteiger partial charge in [-0.05, 0) is 12.3 Å². The fraction of sp³-hybridized carbons (Fsp3) is 1.00. The second-order valence-electron chi connectivity index (χ2n) is 2.52. The lowest BCUT2D eigenvalue weighted by atomic mass is 10.0. The molecule has 0 radical (unpaired) electrons. The molecule has 0 aromatic heterocycles. The minimum Gasteiger partial charge on any atom is -0.252 e. The van der Waals surface area contributed by atoms with Crippen molar-refractivity contribution < 1.29 is 10.1 Å². The average Bonchev–Trinajstić information content (AvgIpc) is 1.85. The highest BCUT2D eigenvalue weighted by Crippen LogP contribution is 2.08. The van der Waals surface area contributed by atoms with E-state index in [1.807, 2.05) is 0 Å². The van der Waals surface area contributed by atoms with Crippen molar-refractivity contribution in [3.8, 4) is 0 Å². The van der Waals surface area contributed by atoms with Crippen molar-refractivity contribution in [2.75, 3.05) is 6.61 Å². The fourth-order valence-corrected chi connectivity index (χ4v) is 0.891. The Balaban J connectivity index is 2.95. The van der Waals surface area contributed by atoms with Gasteiger partial charge in [0.15, 0.2) is 0 Å². The molecular weight excluding hydrogens is 116 g/mol. The van der Waals surface area contributed by atoms with Crippen molar-refractivity contribution in [2.45, 2.75) is 33.1 Å². The zero-order valence-electron chi connectivity index (χ0n) is 6.26. The first-order valence-corrected chi connectivity index (χ1v) is 3.57. The standard InChI is InChI=1S/C7H16O2/c1-3-4-7(2)5-6-9-8/h7-8H,3-6H2,1-2H3/t7-/m1/s1. The molecule has 0 fully saturated rings. The van der Waals surface area contributed by atoms with Crippen molar-refractivity contribution in [1.29, 1.82) is 0 Å². The Labute approximate surface area is 56.8 Å². The molecule has 2 heteroatoms. The van der Waals surface area contributed by atoms with Crippen molar-refractivity contribution in [1.82, 2.24) is 0 Å². The third kappa shape index (κ3) is 5.80. The second kappa shape index (κ2) is 6.05. The predicted octanol–water partition coefficient (Wildman–Crippen LogP) is 2.30. The minimum atomic E-state index is 0.473. The Morgan fingerprint density at radius 1 is 1.44 bits per heavy atom. The minimum absolute atomic E-state index is 0.473. The maximum absolute atomic E-state index is 7.98. The molecule has 2 nitrogen and oxygen atoms in total. The van der Waals surface area contributed by atoms with Crippen LogP contribution in [0, 0.1) is 5.92 Å². The molecule has 0 spiro atoms. The van der Waals surface area contributed by atoms with E-state index in [2.05, 4.69) is 18.7 Å². The summed E-state index contributed by atoms with van der Waals surface area (Å²) in [6.45, 7) is 4.81. The van der Waals surface area contributed by atoms with E-state index in [0.717, 1.165) is 6.42 Å². The van der Waals surface area contributed by atoms with Gasteiger partial charge in [-0.2, -0.15) is 0 Å². The van der Waals surface area contributed by atoms with Gasteiger partial charge in [-0.15, -0.1) is 0 Å². The average molecular weight is 132 g/mol. The summed E-state index contributed by atoms with van der Waals surface area (Å²) in [6, 6.07) is 0. The van der Waals surface area contributed by atoms with Crippen LogP contribution in [0.4, 0.5) is 0 Å². The number of hydrogen-bond donors (Lipinski definition) is 1. The van der Waals surface area contributed by atoms with Gasteiger partial charge in [0.05, 0.1) is 6.61 Å². The zero-order chi connectivity index (χ0) is 7.11. The fourth-order valence-electron chi connectivity index (χ4n) is 0.891. The molecule has 0 aliphatic carbocycles. The van der Waals surface area contributed by atoms with E-state index in [1.165, 1.54) is 12.8 Å². The zero-order valence-corrected chi connectivity index (χ0v) is 6.26. The molecule has 0 aromatic rings. The molecule has 0 saturated carbocycles. The molecule has 1 N–H and O–H groups in total. The summed E-state index contributed by atoms with van der Waals surface area (Å²) >= 11 is 0. The molecule has 1 atom stereocenters. The van der Waals surface area contributed by atoms with Crippen LogP contribution in [-0.2, 0) is 4.89 Å².